The topological polar surface area (TPSA) is 23.5 Å². The summed E-state index contributed by atoms with van der Waals surface area (Å²) in [6, 6.07) is 10.8. The summed E-state index contributed by atoms with van der Waals surface area (Å²) < 4.78 is 0. The van der Waals surface area contributed by atoms with Crippen LogP contribution in [0.4, 0.5) is 0 Å². The molecular weight excluding hydrogens is 174 g/mol. The van der Waals surface area contributed by atoms with Crippen LogP contribution in [0.25, 0.3) is 0 Å². The van der Waals surface area contributed by atoms with E-state index in [0.29, 0.717) is 12.0 Å². The highest BCUT2D eigenvalue weighted by Crippen LogP contribution is 2.25. The van der Waals surface area contributed by atoms with Gasteiger partial charge in [-0.25, -0.2) is 0 Å². The first-order chi connectivity index (χ1) is 6.81. The summed E-state index contributed by atoms with van der Waals surface area (Å²) in [6.45, 7) is 4.56. The van der Waals surface area contributed by atoms with Gasteiger partial charge in [-0.2, -0.15) is 0 Å². The molecule has 0 radical (unpaired) electrons. The molecule has 2 nitrogen and oxygen atoms in total. The summed E-state index contributed by atoms with van der Waals surface area (Å²) in [5, 5.41) is 9.16. The summed E-state index contributed by atoms with van der Waals surface area (Å²) in [4.78, 5) is 2.33. The SMILES string of the molecule is C[C@@H]1CN(Cc2ccccc2)[C@H]1CO. The van der Waals surface area contributed by atoms with Gasteiger partial charge in [0.25, 0.3) is 0 Å². The molecule has 76 valence electrons. The molecule has 1 aromatic rings. The molecule has 0 bridgehead atoms. The van der Waals surface area contributed by atoms with Crippen molar-refractivity contribution in [1.82, 2.24) is 4.90 Å². The smallest absolute Gasteiger partial charge is 0.0590 e. The standard InChI is InChI=1S/C12H17NO/c1-10-7-13(12(10)9-14)8-11-5-3-2-4-6-11/h2-6,10,12,14H,7-9H2,1H3/t10-,12+/m1/s1. The van der Waals surface area contributed by atoms with E-state index in [1.807, 2.05) is 6.07 Å². The van der Waals surface area contributed by atoms with Crippen LogP contribution in [0.15, 0.2) is 30.3 Å². The Kier molecular flexibility index (Phi) is 2.85. The lowest BCUT2D eigenvalue weighted by molar-refractivity contribution is -0.0175. The second-order valence-electron chi connectivity index (χ2n) is 4.14. The van der Waals surface area contributed by atoms with Gasteiger partial charge < -0.3 is 5.11 Å². The summed E-state index contributed by atoms with van der Waals surface area (Å²) >= 11 is 0. The minimum Gasteiger partial charge on any atom is -0.395 e. The van der Waals surface area contributed by atoms with Crippen LogP contribution in [0.2, 0.25) is 0 Å². The van der Waals surface area contributed by atoms with E-state index in [9.17, 15) is 0 Å². The van der Waals surface area contributed by atoms with E-state index in [-0.39, 0.29) is 6.61 Å². The van der Waals surface area contributed by atoms with Gasteiger partial charge >= 0.3 is 0 Å². The maximum atomic E-state index is 9.16. The monoisotopic (exact) mass is 191 g/mol. The lowest BCUT2D eigenvalue weighted by Gasteiger charge is -2.45. The molecule has 1 fully saturated rings. The number of rotatable bonds is 3. The first-order valence-electron chi connectivity index (χ1n) is 5.20. The molecule has 0 aromatic heterocycles. The zero-order valence-corrected chi connectivity index (χ0v) is 8.56. The van der Waals surface area contributed by atoms with Gasteiger partial charge in [0.15, 0.2) is 0 Å². The van der Waals surface area contributed by atoms with Crippen LogP contribution in [-0.2, 0) is 6.54 Å². The fourth-order valence-electron chi connectivity index (χ4n) is 2.14. The highest BCUT2D eigenvalue weighted by molar-refractivity contribution is 5.15. The molecule has 0 unspecified atom stereocenters. The van der Waals surface area contributed by atoms with Crippen molar-refractivity contribution >= 4 is 0 Å². The summed E-state index contributed by atoms with van der Waals surface area (Å²) in [5.41, 5.74) is 1.33. The van der Waals surface area contributed by atoms with Crippen LogP contribution in [0.1, 0.15) is 12.5 Å². The molecule has 14 heavy (non-hydrogen) atoms. The van der Waals surface area contributed by atoms with Crippen LogP contribution >= 0.6 is 0 Å². The third-order valence-corrected chi connectivity index (χ3v) is 3.06. The molecule has 1 aliphatic rings. The van der Waals surface area contributed by atoms with Crippen LogP contribution in [-0.4, -0.2) is 29.2 Å². The van der Waals surface area contributed by atoms with E-state index in [1.54, 1.807) is 0 Å². The number of hydrogen-bond acceptors (Lipinski definition) is 2. The fraction of sp³-hybridized carbons (Fsp3) is 0.500. The molecule has 1 N–H and O–H groups in total. The first kappa shape index (κ1) is 9.69. The average Bonchev–Trinajstić information content (AvgIpc) is 2.19. The van der Waals surface area contributed by atoms with E-state index in [0.717, 1.165) is 13.1 Å². The van der Waals surface area contributed by atoms with Crippen LogP contribution in [0.5, 0.6) is 0 Å². The molecule has 1 saturated heterocycles. The Hall–Kier alpha value is -0.860. The zero-order valence-electron chi connectivity index (χ0n) is 8.56. The third-order valence-electron chi connectivity index (χ3n) is 3.06. The number of benzene rings is 1. The zero-order chi connectivity index (χ0) is 9.97. The molecule has 1 aromatic carbocycles. The van der Waals surface area contributed by atoms with Crippen LogP contribution < -0.4 is 0 Å². The maximum Gasteiger partial charge on any atom is 0.0590 e. The van der Waals surface area contributed by atoms with Gasteiger partial charge in [-0.3, -0.25) is 4.90 Å². The molecule has 2 heteroatoms. The molecule has 1 aliphatic heterocycles. The van der Waals surface area contributed by atoms with Crippen molar-refractivity contribution in [3.8, 4) is 0 Å². The lowest BCUT2D eigenvalue weighted by Crippen LogP contribution is -2.56. The number of aliphatic hydroxyl groups excluding tert-OH is 1. The minimum absolute atomic E-state index is 0.286. The van der Waals surface area contributed by atoms with Gasteiger partial charge in [0, 0.05) is 19.1 Å². The molecule has 0 aliphatic carbocycles. The van der Waals surface area contributed by atoms with Crippen molar-refractivity contribution in [3.05, 3.63) is 35.9 Å². The van der Waals surface area contributed by atoms with Gasteiger partial charge in [-0.1, -0.05) is 37.3 Å². The predicted octanol–water partition coefficient (Wildman–Crippen LogP) is 1.50. The van der Waals surface area contributed by atoms with E-state index in [4.69, 9.17) is 5.11 Å². The average molecular weight is 191 g/mol. The fourth-order valence-corrected chi connectivity index (χ4v) is 2.14. The number of nitrogens with zero attached hydrogens (tertiary/aromatic N) is 1. The Balaban J connectivity index is 1.93. The van der Waals surface area contributed by atoms with Crippen LogP contribution in [0.3, 0.4) is 0 Å². The Bertz CT molecular complexity index is 286. The molecule has 0 saturated carbocycles. The number of aliphatic hydroxyl groups is 1. The normalized spacial score (nSPS) is 27.3. The Morgan fingerprint density at radius 2 is 2.07 bits per heavy atom. The molecule has 2 atom stereocenters. The van der Waals surface area contributed by atoms with E-state index >= 15 is 0 Å². The Morgan fingerprint density at radius 3 is 2.64 bits per heavy atom. The van der Waals surface area contributed by atoms with Crippen molar-refractivity contribution in [2.24, 2.45) is 5.92 Å². The second-order valence-corrected chi connectivity index (χ2v) is 4.14. The molecular formula is C12H17NO. The number of likely N-dealkylation sites (tertiary alicyclic amines) is 1. The third kappa shape index (κ3) is 1.81. The predicted molar refractivity (Wildman–Crippen MR) is 56.9 cm³/mol. The van der Waals surface area contributed by atoms with E-state index in [2.05, 4.69) is 36.1 Å². The van der Waals surface area contributed by atoms with Gasteiger partial charge in [0.2, 0.25) is 0 Å². The summed E-state index contributed by atoms with van der Waals surface area (Å²) in [7, 11) is 0. The van der Waals surface area contributed by atoms with Gasteiger partial charge in [-0.15, -0.1) is 0 Å². The Morgan fingerprint density at radius 1 is 1.36 bits per heavy atom. The quantitative estimate of drug-likeness (QED) is 0.782. The molecule has 2 rings (SSSR count). The van der Waals surface area contributed by atoms with Crippen molar-refractivity contribution in [2.75, 3.05) is 13.2 Å². The highest BCUT2D eigenvalue weighted by Gasteiger charge is 2.34. The van der Waals surface area contributed by atoms with Crippen molar-refractivity contribution < 1.29 is 5.11 Å². The van der Waals surface area contributed by atoms with Crippen molar-refractivity contribution in [1.29, 1.82) is 0 Å². The van der Waals surface area contributed by atoms with Crippen molar-refractivity contribution in [3.63, 3.8) is 0 Å². The molecule has 0 amide bonds. The van der Waals surface area contributed by atoms with Gasteiger partial charge in [0.1, 0.15) is 0 Å². The largest absolute Gasteiger partial charge is 0.395 e. The van der Waals surface area contributed by atoms with Crippen LogP contribution in [0, 0.1) is 5.92 Å². The molecule has 1 heterocycles. The lowest BCUT2D eigenvalue weighted by atomic mass is 9.90. The summed E-state index contributed by atoms with van der Waals surface area (Å²) in [6.07, 6.45) is 0. The van der Waals surface area contributed by atoms with Crippen molar-refractivity contribution in [2.45, 2.75) is 19.5 Å². The second kappa shape index (κ2) is 4.11. The molecule has 0 spiro atoms. The summed E-state index contributed by atoms with van der Waals surface area (Å²) in [5.74, 6) is 0.642. The van der Waals surface area contributed by atoms with Gasteiger partial charge in [0.05, 0.1) is 6.61 Å². The number of hydrogen-bond donors (Lipinski definition) is 1. The van der Waals surface area contributed by atoms with Gasteiger partial charge in [-0.05, 0) is 11.5 Å². The van der Waals surface area contributed by atoms with E-state index < -0.39 is 0 Å². The first-order valence-corrected chi connectivity index (χ1v) is 5.20. The Labute approximate surface area is 85.2 Å². The maximum absolute atomic E-state index is 9.16. The minimum atomic E-state index is 0.286. The van der Waals surface area contributed by atoms with E-state index in [1.165, 1.54) is 5.56 Å². The highest BCUT2D eigenvalue weighted by atomic mass is 16.3.